The monoisotopic (exact) mass is 237 g/mol. The number of rotatable bonds is 7. The van der Waals surface area contributed by atoms with Crippen LogP contribution >= 0.6 is 0 Å². The maximum atomic E-state index is 4.22. The third-order valence-corrected chi connectivity index (χ3v) is 3.37. The summed E-state index contributed by atoms with van der Waals surface area (Å²) in [7, 11) is 0. The van der Waals surface area contributed by atoms with Gasteiger partial charge in [0, 0.05) is 12.7 Å². The van der Waals surface area contributed by atoms with Crippen LogP contribution in [0.3, 0.4) is 0 Å². The van der Waals surface area contributed by atoms with Crippen molar-refractivity contribution in [2.75, 3.05) is 0 Å². The highest BCUT2D eigenvalue weighted by Crippen LogP contribution is 2.17. The Kier molecular flexibility index (Phi) is 5.66. The predicted octanol–water partition coefficient (Wildman–Crippen LogP) is 3.55. The molecular weight excluding hydrogens is 210 g/mol. The first-order valence-electron chi connectivity index (χ1n) is 6.88. The Morgan fingerprint density at radius 3 is 2.47 bits per heavy atom. The second-order valence-corrected chi connectivity index (χ2v) is 5.94. The Morgan fingerprint density at radius 2 is 1.88 bits per heavy atom. The molecule has 0 aromatic carbocycles. The molecule has 3 nitrogen and oxygen atoms in total. The van der Waals surface area contributed by atoms with E-state index in [4.69, 9.17) is 0 Å². The van der Waals surface area contributed by atoms with E-state index >= 15 is 0 Å². The molecule has 0 aliphatic rings. The summed E-state index contributed by atoms with van der Waals surface area (Å²) in [6.07, 6.45) is 5.67. The zero-order valence-electron chi connectivity index (χ0n) is 12.0. The Hall–Kier alpha value is -0.860. The molecule has 0 spiro atoms. The third-order valence-electron chi connectivity index (χ3n) is 3.37. The minimum atomic E-state index is 0.630. The van der Waals surface area contributed by atoms with E-state index in [1.54, 1.807) is 0 Å². The van der Waals surface area contributed by atoms with Gasteiger partial charge >= 0.3 is 0 Å². The van der Waals surface area contributed by atoms with Crippen LogP contribution in [-0.2, 0) is 13.0 Å². The topological polar surface area (TPSA) is 30.7 Å². The first-order chi connectivity index (χ1) is 7.99. The molecule has 0 radical (unpaired) electrons. The lowest BCUT2D eigenvalue weighted by Gasteiger charge is -2.14. The summed E-state index contributed by atoms with van der Waals surface area (Å²) in [6.45, 7) is 12.3. The highest BCUT2D eigenvalue weighted by Gasteiger charge is 2.08. The van der Waals surface area contributed by atoms with Crippen molar-refractivity contribution in [1.29, 1.82) is 0 Å². The van der Waals surface area contributed by atoms with E-state index in [1.165, 1.54) is 12.8 Å². The Balaban J connectivity index is 2.30. The van der Waals surface area contributed by atoms with Crippen LogP contribution in [0.25, 0.3) is 0 Å². The van der Waals surface area contributed by atoms with E-state index in [-0.39, 0.29) is 0 Å². The van der Waals surface area contributed by atoms with E-state index in [9.17, 15) is 0 Å². The fourth-order valence-electron chi connectivity index (χ4n) is 1.85. The molecule has 0 saturated heterocycles. The second-order valence-electron chi connectivity index (χ2n) is 5.94. The highest BCUT2D eigenvalue weighted by atomic mass is 15.4. The maximum Gasteiger partial charge on any atom is 0.0827 e. The summed E-state index contributed by atoms with van der Waals surface area (Å²) >= 11 is 0. The summed E-state index contributed by atoms with van der Waals surface area (Å²) in [5, 5.41) is 8.38. The normalized spacial score (nSPS) is 13.6. The molecule has 1 unspecified atom stereocenters. The first-order valence-corrected chi connectivity index (χ1v) is 6.88. The van der Waals surface area contributed by atoms with Crippen LogP contribution in [0.5, 0.6) is 0 Å². The van der Waals surface area contributed by atoms with Gasteiger partial charge < -0.3 is 0 Å². The number of aryl methyl sites for hydroxylation is 1. The van der Waals surface area contributed by atoms with E-state index in [2.05, 4.69) is 51.1 Å². The van der Waals surface area contributed by atoms with Gasteiger partial charge in [-0.3, -0.25) is 4.68 Å². The average molecular weight is 237 g/mol. The lowest BCUT2D eigenvalue weighted by molar-refractivity contribution is 0.382. The van der Waals surface area contributed by atoms with Crippen LogP contribution in [0.15, 0.2) is 6.20 Å². The van der Waals surface area contributed by atoms with Gasteiger partial charge in [0.1, 0.15) is 0 Å². The molecule has 17 heavy (non-hydrogen) atoms. The molecule has 0 saturated carbocycles. The summed E-state index contributed by atoms with van der Waals surface area (Å²) in [6, 6.07) is 0. The largest absolute Gasteiger partial charge is 0.252 e. The van der Waals surface area contributed by atoms with Gasteiger partial charge in [-0.2, -0.15) is 0 Å². The molecule has 1 aromatic heterocycles. The van der Waals surface area contributed by atoms with Crippen molar-refractivity contribution in [1.82, 2.24) is 15.0 Å². The third kappa shape index (κ3) is 5.33. The molecule has 1 rings (SSSR count). The van der Waals surface area contributed by atoms with Crippen molar-refractivity contribution in [3.05, 3.63) is 11.9 Å². The number of hydrogen-bond acceptors (Lipinski definition) is 2. The van der Waals surface area contributed by atoms with Gasteiger partial charge in [-0.25, -0.2) is 0 Å². The minimum absolute atomic E-state index is 0.630. The smallest absolute Gasteiger partial charge is 0.0827 e. The fourth-order valence-corrected chi connectivity index (χ4v) is 1.85. The van der Waals surface area contributed by atoms with E-state index in [0.29, 0.717) is 5.92 Å². The van der Waals surface area contributed by atoms with Gasteiger partial charge in [0.15, 0.2) is 0 Å². The standard InChI is InChI=1S/C14H27N3/c1-11(2)9-17-10-14(15-16-17)8-6-7-13(5)12(3)4/h10-13H,6-9H2,1-5H3. The van der Waals surface area contributed by atoms with Gasteiger partial charge in [-0.15, -0.1) is 5.10 Å². The molecule has 1 heterocycles. The molecule has 1 aromatic rings. The Bertz CT molecular complexity index is 315. The zero-order valence-corrected chi connectivity index (χ0v) is 12.0. The number of nitrogens with zero attached hydrogens (tertiary/aromatic N) is 3. The summed E-state index contributed by atoms with van der Waals surface area (Å²) in [5.74, 6) is 2.22. The zero-order chi connectivity index (χ0) is 12.8. The lowest BCUT2D eigenvalue weighted by Crippen LogP contribution is -2.04. The molecule has 0 amide bonds. The second kappa shape index (κ2) is 6.77. The quantitative estimate of drug-likeness (QED) is 0.726. The SMILES string of the molecule is CC(C)Cn1cc(CCCC(C)C(C)C)nn1. The van der Waals surface area contributed by atoms with Crippen molar-refractivity contribution in [2.24, 2.45) is 17.8 Å². The van der Waals surface area contributed by atoms with E-state index in [0.717, 1.165) is 30.5 Å². The molecule has 0 aliphatic carbocycles. The molecular formula is C14H27N3. The van der Waals surface area contributed by atoms with Crippen molar-refractivity contribution in [2.45, 2.75) is 60.4 Å². The van der Waals surface area contributed by atoms with E-state index < -0.39 is 0 Å². The molecule has 98 valence electrons. The van der Waals surface area contributed by atoms with Gasteiger partial charge in [0.2, 0.25) is 0 Å². The van der Waals surface area contributed by atoms with Crippen molar-refractivity contribution in [3.8, 4) is 0 Å². The molecule has 0 aliphatic heterocycles. The molecule has 0 N–H and O–H groups in total. The predicted molar refractivity (Wildman–Crippen MR) is 71.8 cm³/mol. The summed E-state index contributed by atoms with van der Waals surface area (Å²) in [5.41, 5.74) is 1.14. The van der Waals surface area contributed by atoms with Crippen LogP contribution < -0.4 is 0 Å². The Labute approximate surface area is 106 Å². The van der Waals surface area contributed by atoms with Gasteiger partial charge in [-0.1, -0.05) is 46.3 Å². The fraction of sp³-hybridized carbons (Fsp3) is 0.857. The minimum Gasteiger partial charge on any atom is -0.252 e. The van der Waals surface area contributed by atoms with Crippen molar-refractivity contribution < 1.29 is 0 Å². The van der Waals surface area contributed by atoms with Crippen LogP contribution in [0.4, 0.5) is 0 Å². The van der Waals surface area contributed by atoms with Gasteiger partial charge in [0.25, 0.3) is 0 Å². The number of aromatic nitrogens is 3. The van der Waals surface area contributed by atoms with Crippen LogP contribution in [0.1, 0.15) is 53.2 Å². The van der Waals surface area contributed by atoms with Gasteiger partial charge in [-0.05, 0) is 30.6 Å². The molecule has 0 fully saturated rings. The Morgan fingerprint density at radius 1 is 1.18 bits per heavy atom. The molecule has 1 atom stereocenters. The maximum absolute atomic E-state index is 4.22. The van der Waals surface area contributed by atoms with Crippen LogP contribution in [0, 0.1) is 17.8 Å². The molecule has 0 bridgehead atoms. The number of hydrogen-bond donors (Lipinski definition) is 0. The van der Waals surface area contributed by atoms with Crippen LogP contribution in [-0.4, -0.2) is 15.0 Å². The van der Waals surface area contributed by atoms with Crippen molar-refractivity contribution >= 4 is 0 Å². The summed E-state index contributed by atoms with van der Waals surface area (Å²) < 4.78 is 1.96. The average Bonchev–Trinajstić information content (AvgIpc) is 2.64. The molecule has 3 heteroatoms. The van der Waals surface area contributed by atoms with Gasteiger partial charge in [0.05, 0.1) is 5.69 Å². The van der Waals surface area contributed by atoms with E-state index in [1.807, 2.05) is 4.68 Å². The van der Waals surface area contributed by atoms with Crippen LogP contribution in [0.2, 0.25) is 0 Å². The lowest BCUT2D eigenvalue weighted by atomic mass is 9.92. The summed E-state index contributed by atoms with van der Waals surface area (Å²) in [4.78, 5) is 0. The van der Waals surface area contributed by atoms with Crippen molar-refractivity contribution in [3.63, 3.8) is 0 Å². The highest BCUT2D eigenvalue weighted by molar-refractivity contribution is 4.92. The first kappa shape index (κ1) is 14.2.